The molecular weight excluding hydrogens is 520 g/mol. The highest BCUT2D eigenvalue weighted by Gasteiger charge is 2.48. The van der Waals surface area contributed by atoms with Crippen LogP contribution in [-0.4, -0.2) is 45.7 Å². The van der Waals surface area contributed by atoms with Gasteiger partial charge < -0.3 is 11.1 Å². The zero-order valence-corrected chi connectivity index (χ0v) is 21.2. The highest BCUT2D eigenvalue weighted by atomic mass is 19.3. The maximum absolute atomic E-state index is 14.4. The van der Waals surface area contributed by atoms with Crippen molar-refractivity contribution in [3.8, 4) is 6.07 Å². The smallest absolute Gasteiger partial charge is 0.252 e. The van der Waals surface area contributed by atoms with E-state index in [1.54, 1.807) is 30.3 Å². The molecule has 3 amide bonds. The molecule has 3 aromatic rings. The zero-order valence-electron chi connectivity index (χ0n) is 21.2. The van der Waals surface area contributed by atoms with Crippen LogP contribution in [0.4, 0.5) is 26.0 Å². The van der Waals surface area contributed by atoms with Crippen molar-refractivity contribution in [1.82, 2.24) is 15.3 Å². The summed E-state index contributed by atoms with van der Waals surface area (Å²) in [7, 11) is 0. The number of nitrogen functional groups attached to an aromatic ring is 1. The van der Waals surface area contributed by atoms with Crippen LogP contribution in [0.1, 0.15) is 42.9 Å². The van der Waals surface area contributed by atoms with Crippen LogP contribution in [0.25, 0.3) is 0 Å². The minimum atomic E-state index is -2.86. The van der Waals surface area contributed by atoms with Gasteiger partial charge in [-0.15, -0.1) is 0 Å². The first-order valence-corrected chi connectivity index (χ1v) is 12.6. The van der Waals surface area contributed by atoms with Crippen LogP contribution in [0.3, 0.4) is 0 Å². The number of carbonyl (C=O) groups is 3. The number of alkyl halides is 2. The van der Waals surface area contributed by atoms with Gasteiger partial charge in [0.05, 0.1) is 29.2 Å². The molecule has 3 heterocycles. The second kappa shape index (κ2) is 10.7. The summed E-state index contributed by atoms with van der Waals surface area (Å²) in [6.45, 7) is 0. The van der Waals surface area contributed by atoms with E-state index in [9.17, 15) is 28.4 Å². The maximum Gasteiger partial charge on any atom is 0.252 e. The molecule has 2 aliphatic rings. The Balaban J connectivity index is 1.58. The molecule has 10 nitrogen and oxygen atoms in total. The molecule has 1 saturated carbocycles. The maximum atomic E-state index is 14.4. The molecule has 40 heavy (non-hydrogen) atoms. The van der Waals surface area contributed by atoms with Gasteiger partial charge >= 0.3 is 0 Å². The van der Waals surface area contributed by atoms with Gasteiger partial charge in [0, 0.05) is 37.7 Å². The summed E-state index contributed by atoms with van der Waals surface area (Å²) >= 11 is 0. The average molecular weight is 546 g/mol. The zero-order chi connectivity index (χ0) is 28.4. The predicted octanol–water partition coefficient (Wildman–Crippen LogP) is 3.11. The minimum absolute atomic E-state index is 0.0389. The summed E-state index contributed by atoms with van der Waals surface area (Å²) in [6, 6.07) is 11.7. The number of carbonyl (C=O) groups excluding carboxylic acids is 3. The van der Waals surface area contributed by atoms with Gasteiger partial charge in [-0.1, -0.05) is 30.3 Å². The second-order valence-corrected chi connectivity index (χ2v) is 9.80. The molecule has 1 aliphatic carbocycles. The van der Waals surface area contributed by atoms with E-state index in [0.29, 0.717) is 5.56 Å². The van der Waals surface area contributed by atoms with Crippen molar-refractivity contribution in [2.24, 2.45) is 0 Å². The highest BCUT2D eigenvalue weighted by Crippen LogP contribution is 2.39. The molecular formula is C28H25F2N7O3. The lowest BCUT2D eigenvalue weighted by molar-refractivity contribution is -0.133. The van der Waals surface area contributed by atoms with Gasteiger partial charge in [0.2, 0.25) is 11.8 Å². The van der Waals surface area contributed by atoms with E-state index in [1.165, 1.54) is 46.6 Å². The Kier molecular flexibility index (Phi) is 7.13. The quantitative estimate of drug-likeness (QED) is 0.464. The number of amides is 3. The third-order valence-electron chi connectivity index (χ3n) is 6.94. The molecule has 1 saturated heterocycles. The Morgan fingerprint density at radius 3 is 2.60 bits per heavy atom. The SMILES string of the molecule is N#Cc1ccnc(N2C(=O)CC[C@H]2C(=O)N(c2cncc(N)c2)[C@H](C(=O)NC2CC(F)(F)C2)c2ccccc2)c1. The van der Waals surface area contributed by atoms with Gasteiger partial charge in [-0.3, -0.25) is 29.2 Å². The Morgan fingerprint density at radius 2 is 1.93 bits per heavy atom. The summed E-state index contributed by atoms with van der Waals surface area (Å²) in [6.07, 6.45) is 3.28. The number of hydrogen-bond acceptors (Lipinski definition) is 7. The monoisotopic (exact) mass is 545 g/mol. The first kappa shape index (κ1) is 26.7. The van der Waals surface area contributed by atoms with Gasteiger partial charge in [-0.25, -0.2) is 13.8 Å². The van der Waals surface area contributed by atoms with Crippen LogP contribution in [-0.2, 0) is 14.4 Å². The summed E-state index contributed by atoms with van der Waals surface area (Å²) in [5.74, 6) is -4.39. The molecule has 2 fully saturated rings. The molecule has 12 heteroatoms. The number of rotatable bonds is 7. The van der Waals surface area contributed by atoms with Gasteiger partial charge in [-0.2, -0.15) is 5.26 Å². The molecule has 0 radical (unpaired) electrons. The lowest BCUT2D eigenvalue weighted by Gasteiger charge is -2.39. The number of halogens is 2. The number of nitrogens with zero attached hydrogens (tertiary/aromatic N) is 5. The summed E-state index contributed by atoms with van der Waals surface area (Å²) in [5, 5.41) is 12.0. The fourth-order valence-electron chi connectivity index (χ4n) is 5.06. The van der Waals surface area contributed by atoms with Crippen LogP contribution in [0.15, 0.2) is 67.1 Å². The van der Waals surface area contributed by atoms with E-state index in [0.717, 1.165) is 0 Å². The Bertz CT molecular complexity index is 1490. The molecule has 1 aliphatic heterocycles. The summed E-state index contributed by atoms with van der Waals surface area (Å²) in [4.78, 5) is 51.9. The second-order valence-electron chi connectivity index (χ2n) is 9.80. The molecule has 3 N–H and O–H groups in total. The molecule has 2 aromatic heterocycles. The topological polar surface area (TPSA) is 145 Å². The Morgan fingerprint density at radius 1 is 1.18 bits per heavy atom. The van der Waals surface area contributed by atoms with Crippen LogP contribution in [0.2, 0.25) is 0 Å². The van der Waals surface area contributed by atoms with Crippen molar-refractivity contribution >= 4 is 34.9 Å². The van der Waals surface area contributed by atoms with Crippen molar-refractivity contribution in [3.05, 3.63) is 78.2 Å². The van der Waals surface area contributed by atoms with Crippen molar-refractivity contribution in [1.29, 1.82) is 5.26 Å². The normalized spacial score (nSPS) is 18.9. The molecule has 0 spiro atoms. The number of nitriles is 1. The van der Waals surface area contributed by atoms with Crippen LogP contribution in [0.5, 0.6) is 0 Å². The third-order valence-corrected chi connectivity index (χ3v) is 6.94. The molecule has 2 atom stereocenters. The van der Waals surface area contributed by atoms with Crippen molar-refractivity contribution in [3.63, 3.8) is 0 Å². The average Bonchev–Trinajstić information content (AvgIpc) is 3.32. The van der Waals surface area contributed by atoms with Gasteiger partial charge in [0.1, 0.15) is 17.9 Å². The molecule has 1 aromatic carbocycles. The van der Waals surface area contributed by atoms with Crippen LogP contribution in [0, 0.1) is 11.3 Å². The van der Waals surface area contributed by atoms with E-state index in [1.807, 2.05) is 6.07 Å². The number of hydrogen-bond donors (Lipinski definition) is 2. The molecule has 204 valence electrons. The van der Waals surface area contributed by atoms with Gasteiger partial charge in [-0.05, 0) is 30.2 Å². The number of nitrogens with two attached hydrogens (primary N) is 1. The molecule has 5 rings (SSSR count). The first-order valence-electron chi connectivity index (χ1n) is 12.6. The van der Waals surface area contributed by atoms with Crippen molar-refractivity contribution < 1.29 is 23.2 Å². The lowest BCUT2D eigenvalue weighted by atomic mass is 9.87. The fourth-order valence-corrected chi connectivity index (χ4v) is 5.06. The van der Waals surface area contributed by atoms with Gasteiger partial charge in [0.15, 0.2) is 0 Å². The standard InChI is InChI=1S/C28H25F2N7O3/c29-28(30)12-20(13-28)35-26(39)25(18-4-2-1-3-5-18)36(21-11-19(32)15-33-16-21)27(40)22-6-7-24(38)37(22)23-10-17(14-31)8-9-34-23/h1-5,8-11,15-16,20,22,25H,6-7,12-13,32H2,(H,35,39)/t22-,25-/m0/s1. The van der Waals surface area contributed by atoms with Crippen LogP contribution < -0.4 is 20.9 Å². The number of pyridine rings is 2. The van der Waals surface area contributed by atoms with Gasteiger partial charge in [0.25, 0.3) is 11.8 Å². The number of nitrogens with one attached hydrogen (secondary N) is 1. The van der Waals surface area contributed by atoms with Crippen molar-refractivity contribution in [2.75, 3.05) is 15.5 Å². The van der Waals surface area contributed by atoms with E-state index in [2.05, 4.69) is 15.3 Å². The Hall–Kier alpha value is -4.92. The number of benzene rings is 1. The van der Waals surface area contributed by atoms with E-state index in [-0.39, 0.29) is 41.5 Å². The lowest BCUT2D eigenvalue weighted by Crippen LogP contribution is -2.56. The summed E-state index contributed by atoms with van der Waals surface area (Å²) < 4.78 is 27.1. The minimum Gasteiger partial charge on any atom is -0.397 e. The van der Waals surface area contributed by atoms with Crippen LogP contribution >= 0.6 is 0 Å². The fraction of sp³-hybridized carbons (Fsp3) is 0.286. The number of aromatic nitrogens is 2. The molecule has 0 bridgehead atoms. The largest absolute Gasteiger partial charge is 0.397 e. The van der Waals surface area contributed by atoms with Crippen molar-refractivity contribution in [2.45, 2.75) is 49.7 Å². The molecule has 0 unspecified atom stereocenters. The van der Waals surface area contributed by atoms with E-state index < -0.39 is 48.7 Å². The summed E-state index contributed by atoms with van der Waals surface area (Å²) in [5.41, 5.74) is 7.08. The third kappa shape index (κ3) is 5.31. The predicted molar refractivity (Wildman–Crippen MR) is 141 cm³/mol. The number of anilines is 3. The highest BCUT2D eigenvalue weighted by molar-refractivity contribution is 6.10. The first-order chi connectivity index (χ1) is 19.2. The van der Waals surface area contributed by atoms with E-state index >= 15 is 0 Å². The Labute approximate surface area is 228 Å². The van der Waals surface area contributed by atoms with E-state index in [4.69, 9.17) is 5.73 Å².